The van der Waals surface area contributed by atoms with E-state index in [1.54, 1.807) is 7.05 Å². The maximum atomic E-state index is 5.60. The molecule has 2 N–H and O–H groups in total. The summed E-state index contributed by atoms with van der Waals surface area (Å²) in [4.78, 5) is 4.06. The van der Waals surface area contributed by atoms with Crippen molar-refractivity contribution in [3.8, 4) is 5.75 Å². The summed E-state index contributed by atoms with van der Waals surface area (Å²) in [7, 11) is 1.75. The zero-order valence-corrected chi connectivity index (χ0v) is 9.34. The van der Waals surface area contributed by atoms with Crippen LogP contribution in [0.4, 0.5) is 5.95 Å². The number of nitrogen functional groups attached to an aromatic ring is 1. The summed E-state index contributed by atoms with van der Waals surface area (Å²) in [6.45, 7) is 2.32. The summed E-state index contributed by atoms with van der Waals surface area (Å²) in [6, 6.07) is 7.82. The first-order chi connectivity index (χ1) is 7.66. The number of hydrogen-bond donors (Lipinski definition) is 1. The molecule has 0 fully saturated rings. The molecule has 1 heterocycles. The number of anilines is 1. The van der Waals surface area contributed by atoms with Crippen LogP contribution in [0.2, 0.25) is 0 Å². The molecule has 0 atom stereocenters. The Morgan fingerprint density at radius 1 is 1.38 bits per heavy atom. The fourth-order valence-electron chi connectivity index (χ4n) is 1.37. The van der Waals surface area contributed by atoms with Crippen LogP contribution in [-0.4, -0.2) is 14.8 Å². The molecule has 0 radical (unpaired) electrons. The van der Waals surface area contributed by atoms with Crippen LogP contribution < -0.4 is 10.5 Å². The van der Waals surface area contributed by atoms with E-state index in [1.165, 1.54) is 4.68 Å². The minimum Gasteiger partial charge on any atom is -0.485 e. The van der Waals surface area contributed by atoms with Gasteiger partial charge < -0.3 is 10.5 Å². The number of benzene rings is 1. The number of hydrogen-bond acceptors (Lipinski definition) is 4. The number of para-hydroxylation sites is 1. The highest BCUT2D eigenvalue weighted by molar-refractivity contribution is 5.31. The predicted octanol–water partition coefficient (Wildman–Crippen LogP) is 1.28. The first-order valence-corrected chi connectivity index (χ1v) is 5.00. The molecule has 0 saturated carbocycles. The molecule has 0 spiro atoms. The van der Waals surface area contributed by atoms with E-state index in [9.17, 15) is 0 Å². The fourth-order valence-corrected chi connectivity index (χ4v) is 1.37. The zero-order valence-electron chi connectivity index (χ0n) is 9.34. The third kappa shape index (κ3) is 2.13. The van der Waals surface area contributed by atoms with Gasteiger partial charge in [-0.15, -0.1) is 0 Å². The highest BCUT2D eigenvalue weighted by Gasteiger charge is 2.05. The minimum atomic E-state index is 0.329. The van der Waals surface area contributed by atoms with Crippen molar-refractivity contribution >= 4 is 5.95 Å². The molecule has 84 valence electrons. The van der Waals surface area contributed by atoms with Gasteiger partial charge in [-0.25, -0.2) is 4.68 Å². The summed E-state index contributed by atoms with van der Waals surface area (Å²) in [6.07, 6.45) is 0. The Hall–Kier alpha value is -2.04. The van der Waals surface area contributed by atoms with Crippen LogP contribution >= 0.6 is 0 Å². The lowest BCUT2D eigenvalue weighted by Crippen LogP contribution is -2.00. The molecular weight excluding hydrogens is 204 g/mol. The maximum absolute atomic E-state index is 5.60. The van der Waals surface area contributed by atoms with Crippen LogP contribution in [0.5, 0.6) is 5.75 Å². The van der Waals surface area contributed by atoms with Crippen LogP contribution in [0.15, 0.2) is 24.3 Å². The van der Waals surface area contributed by atoms with Gasteiger partial charge in [0.05, 0.1) is 0 Å². The summed E-state index contributed by atoms with van der Waals surface area (Å²) in [5.74, 6) is 1.82. The number of nitrogens with zero attached hydrogens (tertiary/aromatic N) is 3. The summed E-state index contributed by atoms with van der Waals surface area (Å²) in [5.41, 5.74) is 6.66. The minimum absolute atomic E-state index is 0.329. The Kier molecular flexibility index (Phi) is 2.76. The number of aryl methyl sites for hydroxylation is 2. The predicted molar refractivity (Wildman–Crippen MR) is 60.9 cm³/mol. The molecule has 0 aliphatic rings. The number of aromatic nitrogens is 3. The van der Waals surface area contributed by atoms with Gasteiger partial charge in [-0.1, -0.05) is 18.2 Å². The van der Waals surface area contributed by atoms with Crippen LogP contribution in [0.1, 0.15) is 11.4 Å². The van der Waals surface area contributed by atoms with Crippen molar-refractivity contribution in [3.05, 3.63) is 35.7 Å². The third-order valence-corrected chi connectivity index (χ3v) is 2.29. The highest BCUT2D eigenvalue weighted by Crippen LogP contribution is 2.17. The number of nitrogens with two attached hydrogens (primary N) is 1. The van der Waals surface area contributed by atoms with Crippen LogP contribution in [0.25, 0.3) is 0 Å². The first kappa shape index (κ1) is 10.5. The van der Waals surface area contributed by atoms with Crippen molar-refractivity contribution in [1.82, 2.24) is 14.8 Å². The molecular formula is C11H14N4O. The van der Waals surface area contributed by atoms with E-state index in [0.29, 0.717) is 18.4 Å². The molecule has 0 aliphatic heterocycles. The second kappa shape index (κ2) is 4.22. The first-order valence-electron chi connectivity index (χ1n) is 5.00. The van der Waals surface area contributed by atoms with E-state index in [0.717, 1.165) is 11.3 Å². The molecule has 0 bridgehead atoms. The van der Waals surface area contributed by atoms with Crippen molar-refractivity contribution in [3.63, 3.8) is 0 Å². The molecule has 2 rings (SSSR count). The van der Waals surface area contributed by atoms with Crippen molar-refractivity contribution in [2.24, 2.45) is 7.05 Å². The van der Waals surface area contributed by atoms with Gasteiger partial charge in [0.15, 0.2) is 5.82 Å². The Labute approximate surface area is 93.9 Å². The SMILES string of the molecule is Cc1ccccc1OCc1nc(N)n(C)n1. The lowest BCUT2D eigenvalue weighted by molar-refractivity contribution is 0.293. The zero-order chi connectivity index (χ0) is 11.5. The van der Waals surface area contributed by atoms with Gasteiger partial charge in [-0.05, 0) is 18.6 Å². The summed E-state index contributed by atoms with van der Waals surface area (Å²) >= 11 is 0. The Morgan fingerprint density at radius 3 is 2.75 bits per heavy atom. The second-order valence-electron chi connectivity index (χ2n) is 3.56. The molecule has 0 amide bonds. The van der Waals surface area contributed by atoms with Gasteiger partial charge in [0.1, 0.15) is 12.4 Å². The molecule has 5 nitrogen and oxygen atoms in total. The molecule has 2 aromatic rings. The topological polar surface area (TPSA) is 66.0 Å². The fraction of sp³-hybridized carbons (Fsp3) is 0.273. The molecule has 5 heteroatoms. The van der Waals surface area contributed by atoms with Crippen LogP contribution in [0.3, 0.4) is 0 Å². The van der Waals surface area contributed by atoms with E-state index >= 15 is 0 Å². The van der Waals surface area contributed by atoms with E-state index in [2.05, 4.69) is 10.1 Å². The van der Waals surface area contributed by atoms with E-state index < -0.39 is 0 Å². The van der Waals surface area contributed by atoms with Gasteiger partial charge in [-0.3, -0.25) is 0 Å². The van der Waals surface area contributed by atoms with E-state index in [1.807, 2.05) is 31.2 Å². The van der Waals surface area contributed by atoms with E-state index in [-0.39, 0.29) is 0 Å². The average molecular weight is 218 g/mol. The maximum Gasteiger partial charge on any atom is 0.218 e. The van der Waals surface area contributed by atoms with Gasteiger partial charge in [0, 0.05) is 7.05 Å². The molecule has 16 heavy (non-hydrogen) atoms. The monoisotopic (exact) mass is 218 g/mol. The van der Waals surface area contributed by atoms with E-state index in [4.69, 9.17) is 10.5 Å². The lowest BCUT2D eigenvalue weighted by Gasteiger charge is -2.05. The average Bonchev–Trinajstić information content (AvgIpc) is 2.57. The Balaban J connectivity index is 2.05. The normalized spacial score (nSPS) is 10.4. The highest BCUT2D eigenvalue weighted by atomic mass is 16.5. The lowest BCUT2D eigenvalue weighted by atomic mass is 10.2. The van der Waals surface area contributed by atoms with Crippen molar-refractivity contribution in [2.75, 3.05) is 5.73 Å². The Bertz CT molecular complexity index is 473. The molecule has 0 aliphatic carbocycles. The number of rotatable bonds is 3. The van der Waals surface area contributed by atoms with Gasteiger partial charge in [-0.2, -0.15) is 10.1 Å². The van der Waals surface area contributed by atoms with Gasteiger partial charge in [0.2, 0.25) is 5.95 Å². The standard InChI is InChI=1S/C11H14N4O/c1-8-5-3-4-6-9(8)16-7-10-13-11(12)15(2)14-10/h3-6H,7H2,1-2H3,(H2,12,13,14). The second-order valence-corrected chi connectivity index (χ2v) is 3.56. The smallest absolute Gasteiger partial charge is 0.218 e. The third-order valence-electron chi connectivity index (χ3n) is 2.29. The van der Waals surface area contributed by atoms with Crippen LogP contribution in [0, 0.1) is 6.92 Å². The molecule has 0 saturated heterocycles. The molecule has 1 aromatic heterocycles. The summed E-state index contributed by atoms with van der Waals surface area (Å²) < 4.78 is 7.12. The largest absolute Gasteiger partial charge is 0.485 e. The molecule has 0 unspecified atom stereocenters. The van der Waals surface area contributed by atoms with Crippen molar-refractivity contribution in [1.29, 1.82) is 0 Å². The quantitative estimate of drug-likeness (QED) is 0.842. The van der Waals surface area contributed by atoms with Crippen molar-refractivity contribution < 1.29 is 4.74 Å². The van der Waals surface area contributed by atoms with Crippen molar-refractivity contribution in [2.45, 2.75) is 13.5 Å². The van der Waals surface area contributed by atoms with Crippen LogP contribution in [-0.2, 0) is 13.7 Å². The Morgan fingerprint density at radius 2 is 2.12 bits per heavy atom. The summed E-state index contributed by atoms with van der Waals surface area (Å²) in [5, 5.41) is 4.11. The van der Waals surface area contributed by atoms with Gasteiger partial charge in [0.25, 0.3) is 0 Å². The van der Waals surface area contributed by atoms with Gasteiger partial charge >= 0.3 is 0 Å². The number of ether oxygens (including phenoxy) is 1. The molecule has 1 aromatic carbocycles.